The van der Waals surface area contributed by atoms with Crippen molar-refractivity contribution < 1.29 is 9.90 Å². The Morgan fingerprint density at radius 1 is 1.53 bits per heavy atom. The van der Waals surface area contributed by atoms with Gasteiger partial charge in [0, 0.05) is 18.8 Å². The van der Waals surface area contributed by atoms with E-state index in [1.807, 2.05) is 12.1 Å². The lowest BCUT2D eigenvalue weighted by Crippen LogP contribution is -2.38. The molecule has 0 aliphatic heterocycles. The van der Waals surface area contributed by atoms with Crippen LogP contribution in [0, 0.1) is 5.92 Å². The minimum Gasteiger partial charge on any atom is -0.396 e. The maximum Gasteiger partial charge on any atom is 0.270 e. The van der Waals surface area contributed by atoms with E-state index in [1.54, 1.807) is 6.20 Å². The molecule has 0 bridgehead atoms. The summed E-state index contributed by atoms with van der Waals surface area (Å²) in [6.07, 6.45) is 6.58. The van der Waals surface area contributed by atoms with Crippen molar-refractivity contribution in [3.05, 3.63) is 29.6 Å². The number of hydrogen-bond donors (Lipinski definition) is 2. The van der Waals surface area contributed by atoms with Crippen LogP contribution in [0.3, 0.4) is 0 Å². The summed E-state index contributed by atoms with van der Waals surface area (Å²) in [6, 6.07) is 3.97. The van der Waals surface area contributed by atoms with Gasteiger partial charge < -0.3 is 10.4 Å². The van der Waals surface area contributed by atoms with Gasteiger partial charge in [0.25, 0.3) is 5.91 Å². The van der Waals surface area contributed by atoms with E-state index in [1.165, 1.54) is 0 Å². The Morgan fingerprint density at radius 2 is 2.37 bits per heavy atom. The molecule has 2 unspecified atom stereocenters. The highest BCUT2D eigenvalue weighted by Crippen LogP contribution is 2.28. The maximum atomic E-state index is 12.2. The number of aliphatic hydroxyl groups excluding tert-OH is 1. The van der Waals surface area contributed by atoms with Crippen LogP contribution >= 0.6 is 0 Å². The van der Waals surface area contributed by atoms with Crippen LogP contribution < -0.4 is 5.32 Å². The molecule has 4 nitrogen and oxygen atoms in total. The second-order valence-electron chi connectivity index (χ2n) is 5.19. The molecule has 1 fully saturated rings. The van der Waals surface area contributed by atoms with Crippen LogP contribution in [0.2, 0.25) is 0 Å². The molecule has 2 atom stereocenters. The molecule has 4 heteroatoms. The predicted octanol–water partition coefficient (Wildman–Crippen LogP) is 1.92. The molecule has 1 saturated carbocycles. The summed E-state index contributed by atoms with van der Waals surface area (Å²) in [4.78, 5) is 16.3. The van der Waals surface area contributed by atoms with Gasteiger partial charge in [0.05, 0.1) is 0 Å². The first kappa shape index (κ1) is 14.0. The van der Waals surface area contributed by atoms with Crippen LogP contribution in [-0.4, -0.2) is 28.6 Å². The number of aryl methyl sites for hydroxylation is 1. The summed E-state index contributed by atoms with van der Waals surface area (Å²) >= 11 is 0. The Balaban J connectivity index is 1.99. The number of carbonyl (C=O) groups excluding carboxylic acids is 1. The standard InChI is InChI=1S/C15H22N2O2/c1-2-11-6-8-16-14(10-11)15(19)17-13-5-3-4-12(13)7-9-18/h6,8,10,12-13,18H,2-5,7,9H2,1H3,(H,17,19). The fourth-order valence-corrected chi connectivity index (χ4v) is 2.80. The molecule has 1 aliphatic carbocycles. The number of aromatic nitrogens is 1. The van der Waals surface area contributed by atoms with Crippen LogP contribution in [0.15, 0.2) is 18.3 Å². The van der Waals surface area contributed by atoms with Crippen LogP contribution in [0.1, 0.15) is 48.7 Å². The third kappa shape index (κ3) is 3.53. The van der Waals surface area contributed by atoms with Crippen molar-refractivity contribution in [2.24, 2.45) is 5.92 Å². The first-order chi connectivity index (χ1) is 9.24. The van der Waals surface area contributed by atoms with E-state index in [4.69, 9.17) is 5.11 Å². The first-order valence-corrected chi connectivity index (χ1v) is 7.11. The van der Waals surface area contributed by atoms with Crippen LogP contribution in [0.5, 0.6) is 0 Å². The number of amides is 1. The Morgan fingerprint density at radius 3 is 3.11 bits per heavy atom. The van der Waals surface area contributed by atoms with Crippen molar-refractivity contribution in [3.8, 4) is 0 Å². The minimum atomic E-state index is -0.0925. The topological polar surface area (TPSA) is 62.2 Å². The van der Waals surface area contributed by atoms with Gasteiger partial charge in [-0.2, -0.15) is 0 Å². The zero-order valence-electron chi connectivity index (χ0n) is 11.4. The second-order valence-corrected chi connectivity index (χ2v) is 5.19. The summed E-state index contributed by atoms with van der Waals surface area (Å²) in [5.41, 5.74) is 1.62. The van der Waals surface area contributed by atoms with Crippen molar-refractivity contribution in [1.29, 1.82) is 0 Å². The van der Waals surface area contributed by atoms with Gasteiger partial charge in [0.1, 0.15) is 5.69 Å². The van der Waals surface area contributed by atoms with Gasteiger partial charge in [-0.15, -0.1) is 0 Å². The third-order valence-electron chi connectivity index (χ3n) is 3.94. The van der Waals surface area contributed by atoms with Crippen molar-refractivity contribution in [3.63, 3.8) is 0 Å². The normalized spacial score (nSPS) is 22.4. The Bertz CT molecular complexity index is 434. The van der Waals surface area contributed by atoms with Gasteiger partial charge in [-0.05, 0) is 49.3 Å². The molecule has 0 aromatic carbocycles. The molecule has 1 aliphatic rings. The van der Waals surface area contributed by atoms with Crippen LogP contribution in [0.25, 0.3) is 0 Å². The molecule has 1 aromatic heterocycles. The number of hydrogen-bond acceptors (Lipinski definition) is 3. The van der Waals surface area contributed by atoms with E-state index in [0.717, 1.165) is 37.7 Å². The number of carbonyl (C=O) groups is 1. The molecule has 0 saturated heterocycles. The van der Waals surface area contributed by atoms with Gasteiger partial charge in [-0.25, -0.2) is 0 Å². The highest BCUT2D eigenvalue weighted by Gasteiger charge is 2.28. The molecule has 19 heavy (non-hydrogen) atoms. The van der Waals surface area contributed by atoms with Gasteiger partial charge in [-0.3, -0.25) is 9.78 Å². The second kappa shape index (κ2) is 6.66. The van der Waals surface area contributed by atoms with E-state index in [9.17, 15) is 4.79 Å². The highest BCUT2D eigenvalue weighted by molar-refractivity contribution is 5.92. The molecule has 1 heterocycles. The molecule has 1 aromatic rings. The van der Waals surface area contributed by atoms with Crippen molar-refractivity contribution >= 4 is 5.91 Å². The summed E-state index contributed by atoms with van der Waals surface area (Å²) in [7, 11) is 0. The van der Waals surface area contributed by atoms with Gasteiger partial charge in [0.15, 0.2) is 0 Å². The van der Waals surface area contributed by atoms with Gasteiger partial charge in [-0.1, -0.05) is 13.3 Å². The molecular formula is C15H22N2O2. The third-order valence-corrected chi connectivity index (χ3v) is 3.94. The Hall–Kier alpha value is -1.42. The first-order valence-electron chi connectivity index (χ1n) is 7.11. The molecule has 0 radical (unpaired) electrons. The molecule has 0 spiro atoms. The summed E-state index contributed by atoms with van der Waals surface area (Å²) in [6.45, 7) is 2.26. The SMILES string of the molecule is CCc1ccnc(C(=O)NC2CCCC2CCO)c1. The summed E-state index contributed by atoms with van der Waals surface area (Å²) < 4.78 is 0. The van der Waals surface area contributed by atoms with E-state index in [0.29, 0.717) is 11.6 Å². The number of nitrogens with zero attached hydrogens (tertiary/aromatic N) is 1. The molecule has 2 N–H and O–H groups in total. The number of pyridine rings is 1. The quantitative estimate of drug-likeness (QED) is 0.852. The maximum absolute atomic E-state index is 12.2. The van der Waals surface area contributed by atoms with E-state index in [-0.39, 0.29) is 18.6 Å². The molecule has 2 rings (SSSR count). The van der Waals surface area contributed by atoms with Crippen molar-refractivity contribution in [1.82, 2.24) is 10.3 Å². The summed E-state index contributed by atoms with van der Waals surface area (Å²) in [5.74, 6) is 0.313. The summed E-state index contributed by atoms with van der Waals surface area (Å²) in [5, 5.41) is 12.1. The lowest BCUT2D eigenvalue weighted by Gasteiger charge is -2.20. The molecular weight excluding hydrogens is 240 g/mol. The monoisotopic (exact) mass is 262 g/mol. The van der Waals surface area contributed by atoms with E-state index >= 15 is 0 Å². The number of nitrogens with one attached hydrogen (secondary N) is 1. The zero-order valence-corrected chi connectivity index (χ0v) is 11.4. The smallest absolute Gasteiger partial charge is 0.270 e. The number of aliphatic hydroxyl groups is 1. The Labute approximate surface area is 114 Å². The lowest BCUT2D eigenvalue weighted by atomic mass is 10.00. The fraction of sp³-hybridized carbons (Fsp3) is 0.600. The number of rotatable bonds is 5. The zero-order chi connectivity index (χ0) is 13.7. The fourth-order valence-electron chi connectivity index (χ4n) is 2.80. The van der Waals surface area contributed by atoms with Gasteiger partial charge >= 0.3 is 0 Å². The average Bonchev–Trinajstić information content (AvgIpc) is 2.86. The Kier molecular flexibility index (Phi) is 4.91. The molecule has 104 valence electrons. The molecule has 1 amide bonds. The van der Waals surface area contributed by atoms with Gasteiger partial charge in [0.2, 0.25) is 0 Å². The van der Waals surface area contributed by atoms with Crippen molar-refractivity contribution in [2.75, 3.05) is 6.61 Å². The predicted molar refractivity (Wildman–Crippen MR) is 73.9 cm³/mol. The average molecular weight is 262 g/mol. The van der Waals surface area contributed by atoms with E-state index in [2.05, 4.69) is 17.2 Å². The largest absolute Gasteiger partial charge is 0.396 e. The van der Waals surface area contributed by atoms with Crippen LogP contribution in [0.4, 0.5) is 0 Å². The highest BCUT2D eigenvalue weighted by atomic mass is 16.3. The van der Waals surface area contributed by atoms with Crippen LogP contribution in [-0.2, 0) is 6.42 Å². The lowest BCUT2D eigenvalue weighted by molar-refractivity contribution is 0.0918. The van der Waals surface area contributed by atoms with E-state index < -0.39 is 0 Å². The minimum absolute atomic E-state index is 0.0925. The van der Waals surface area contributed by atoms with Crippen molar-refractivity contribution in [2.45, 2.75) is 45.1 Å².